The van der Waals surface area contributed by atoms with Gasteiger partial charge in [-0.05, 0) is 61.7 Å². The Hall–Kier alpha value is -2.09. The van der Waals surface area contributed by atoms with Gasteiger partial charge >= 0.3 is 6.18 Å². The fourth-order valence-corrected chi connectivity index (χ4v) is 4.81. The third kappa shape index (κ3) is 4.95. The number of fused-ring (bicyclic) bond motifs is 1. The lowest BCUT2D eigenvalue weighted by Crippen LogP contribution is -2.60. The summed E-state index contributed by atoms with van der Waals surface area (Å²) in [5.41, 5.74) is 0.384. The summed E-state index contributed by atoms with van der Waals surface area (Å²) in [7, 11) is 0. The second-order valence-corrected chi connectivity index (χ2v) is 8.52. The van der Waals surface area contributed by atoms with Crippen molar-refractivity contribution in [2.75, 3.05) is 26.2 Å². The molecular formula is C24H28ClF3N2O2. The lowest BCUT2D eigenvalue weighted by molar-refractivity contribution is -0.137. The van der Waals surface area contributed by atoms with Crippen LogP contribution in [0.5, 0.6) is 5.75 Å². The van der Waals surface area contributed by atoms with Crippen molar-refractivity contribution in [2.24, 2.45) is 0 Å². The van der Waals surface area contributed by atoms with E-state index in [9.17, 15) is 23.1 Å². The average Bonchev–Trinajstić information content (AvgIpc) is 2.75. The largest absolute Gasteiger partial charge is 0.508 e. The van der Waals surface area contributed by atoms with Crippen LogP contribution in [-0.2, 0) is 29.4 Å². The summed E-state index contributed by atoms with van der Waals surface area (Å²) in [6.07, 6.45) is -0.426. The van der Waals surface area contributed by atoms with E-state index in [-0.39, 0.29) is 30.4 Å². The number of carbonyl (C=O) groups excluding carboxylic acids is 1. The fourth-order valence-electron chi connectivity index (χ4n) is 4.81. The van der Waals surface area contributed by atoms with Crippen LogP contribution in [0.1, 0.15) is 41.5 Å². The lowest BCUT2D eigenvalue weighted by atomic mass is 9.76. The first-order valence-corrected chi connectivity index (χ1v) is 10.8. The zero-order valence-corrected chi connectivity index (χ0v) is 18.6. The molecule has 2 aliphatic rings. The van der Waals surface area contributed by atoms with Gasteiger partial charge in [-0.25, -0.2) is 0 Å². The van der Waals surface area contributed by atoms with Gasteiger partial charge in [-0.1, -0.05) is 30.7 Å². The summed E-state index contributed by atoms with van der Waals surface area (Å²) in [6, 6.07) is 10.1. The van der Waals surface area contributed by atoms with Crippen LogP contribution in [0.2, 0.25) is 0 Å². The summed E-state index contributed by atoms with van der Waals surface area (Å²) < 4.78 is 38.7. The third-order valence-electron chi connectivity index (χ3n) is 6.44. The molecule has 2 heterocycles. The van der Waals surface area contributed by atoms with Crippen LogP contribution in [0, 0.1) is 0 Å². The minimum absolute atomic E-state index is 0. The second-order valence-electron chi connectivity index (χ2n) is 8.52. The van der Waals surface area contributed by atoms with E-state index in [0.717, 1.165) is 49.2 Å². The Kier molecular flexibility index (Phi) is 7.53. The van der Waals surface area contributed by atoms with E-state index in [1.807, 2.05) is 6.07 Å². The monoisotopic (exact) mass is 468 g/mol. The second kappa shape index (κ2) is 9.81. The number of phenolic OH excluding ortho intramolecular Hbond substituents is 1. The molecule has 32 heavy (non-hydrogen) atoms. The minimum Gasteiger partial charge on any atom is -0.508 e. The molecule has 0 radical (unpaired) electrons. The molecule has 0 bridgehead atoms. The maximum atomic E-state index is 13.7. The topological polar surface area (TPSA) is 52.6 Å². The van der Waals surface area contributed by atoms with Gasteiger partial charge in [-0.3, -0.25) is 10.1 Å². The van der Waals surface area contributed by atoms with Crippen molar-refractivity contribution in [1.82, 2.24) is 10.2 Å². The predicted octanol–water partition coefficient (Wildman–Crippen LogP) is 4.47. The SMILES string of the molecule is Cl.O=C(Cc1ccc(C(F)(F)F)cc1)C1(CN2CCCCC2)NCCc2c(O)cccc21. The van der Waals surface area contributed by atoms with Gasteiger partial charge in [-0.15, -0.1) is 12.4 Å². The van der Waals surface area contributed by atoms with Gasteiger partial charge in [0.05, 0.1) is 5.56 Å². The Labute approximate surface area is 192 Å². The highest BCUT2D eigenvalue weighted by atomic mass is 35.5. The highest BCUT2D eigenvalue weighted by Gasteiger charge is 2.44. The lowest BCUT2D eigenvalue weighted by Gasteiger charge is -2.43. The number of hydrogen-bond acceptors (Lipinski definition) is 4. The maximum absolute atomic E-state index is 13.7. The zero-order chi connectivity index (χ0) is 22.1. The molecule has 174 valence electrons. The Balaban J connectivity index is 0.00000289. The van der Waals surface area contributed by atoms with Crippen molar-refractivity contribution in [2.45, 2.75) is 43.8 Å². The van der Waals surface area contributed by atoms with Gasteiger partial charge in [0.25, 0.3) is 0 Å². The minimum atomic E-state index is -4.40. The first-order valence-electron chi connectivity index (χ1n) is 10.8. The molecule has 4 nitrogen and oxygen atoms in total. The Morgan fingerprint density at radius 2 is 1.75 bits per heavy atom. The molecule has 2 aliphatic heterocycles. The number of halogens is 4. The third-order valence-corrected chi connectivity index (χ3v) is 6.44. The summed E-state index contributed by atoms with van der Waals surface area (Å²) in [4.78, 5) is 16.0. The van der Waals surface area contributed by atoms with Gasteiger partial charge in [0.2, 0.25) is 0 Å². The van der Waals surface area contributed by atoms with E-state index in [2.05, 4.69) is 10.2 Å². The molecule has 2 aromatic carbocycles. The van der Waals surface area contributed by atoms with Gasteiger partial charge in [0, 0.05) is 25.1 Å². The number of ketones is 1. The van der Waals surface area contributed by atoms with Crippen molar-refractivity contribution in [3.8, 4) is 5.75 Å². The number of alkyl halides is 3. The Morgan fingerprint density at radius 1 is 1.06 bits per heavy atom. The fraction of sp³-hybridized carbons (Fsp3) is 0.458. The number of aromatic hydroxyl groups is 1. The average molecular weight is 469 g/mol. The quantitative estimate of drug-likeness (QED) is 0.679. The number of carbonyl (C=O) groups is 1. The molecule has 0 saturated carbocycles. The highest BCUT2D eigenvalue weighted by molar-refractivity contribution is 5.92. The Bertz CT molecular complexity index is 943. The summed E-state index contributed by atoms with van der Waals surface area (Å²) in [5, 5.41) is 13.9. The molecule has 1 unspecified atom stereocenters. The van der Waals surface area contributed by atoms with Crippen LogP contribution in [-0.4, -0.2) is 42.0 Å². The van der Waals surface area contributed by atoms with E-state index in [0.29, 0.717) is 25.1 Å². The van der Waals surface area contributed by atoms with Crippen LogP contribution in [0.4, 0.5) is 13.2 Å². The molecule has 8 heteroatoms. The summed E-state index contributed by atoms with van der Waals surface area (Å²) in [5.74, 6) is 0.0914. The predicted molar refractivity (Wildman–Crippen MR) is 119 cm³/mol. The number of benzene rings is 2. The molecule has 4 rings (SSSR count). The van der Waals surface area contributed by atoms with Crippen molar-refractivity contribution in [3.05, 3.63) is 64.7 Å². The number of nitrogens with zero attached hydrogens (tertiary/aromatic N) is 1. The number of Topliss-reactive ketones (excluding diaryl/α,β-unsaturated/α-hetero) is 1. The molecular weight excluding hydrogens is 441 g/mol. The van der Waals surface area contributed by atoms with E-state index < -0.39 is 17.3 Å². The van der Waals surface area contributed by atoms with E-state index in [4.69, 9.17) is 0 Å². The van der Waals surface area contributed by atoms with Gasteiger partial charge in [0.15, 0.2) is 5.78 Å². The molecule has 0 spiro atoms. The van der Waals surface area contributed by atoms with Gasteiger partial charge in [-0.2, -0.15) is 13.2 Å². The zero-order valence-electron chi connectivity index (χ0n) is 17.8. The molecule has 1 fully saturated rings. The van der Waals surface area contributed by atoms with Crippen molar-refractivity contribution >= 4 is 18.2 Å². The van der Waals surface area contributed by atoms with Crippen LogP contribution >= 0.6 is 12.4 Å². The summed E-state index contributed by atoms with van der Waals surface area (Å²) >= 11 is 0. The van der Waals surface area contributed by atoms with E-state index >= 15 is 0 Å². The molecule has 2 aromatic rings. The molecule has 1 saturated heterocycles. The molecule has 0 aliphatic carbocycles. The van der Waals surface area contributed by atoms with Crippen LogP contribution in [0.3, 0.4) is 0 Å². The van der Waals surface area contributed by atoms with E-state index in [1.54, 1.807) is 12.1 Å². The number of likely N-dealkylation sites (tertiary alicyclic amines) is 1. The van der Waals surface area contributed by atoms with Crippen molar-refractivity contribution in [3.63, 3.8) is 0 Å². The smallest absolute Gasteiger partial charge is 0.416 e. The number of piperidine rings is 1. The van der Waals surface area contributed by atoms with Crippen molar-refractivity contribution in [1.29, 1.82) is 0 Å². The van der Waals surface area contributed by atoms with Crippen LogP contribution < -0.4 is 5.32 Å². The normalized spacial score (nSPS) is 21.5. The standard InChI is InChI=1S/C24H27F3N2O2.ClH/c25-24(26,27)18-9-7-17(8-10-18)15-22(31)23(16-29-13-2-1-3-14-29)20-5-4-6-21(30)19(20)11-12-28-23;/h4-10,28,30H,1-3,11-16H2;1H. The van der Waals surface area contributed by atoms with Crippen LogP contribution in [0.15, 0.2) is 42.5 Å². The Morgan fingerprint density at radius 3 is 2.41 bits per heavy atom. The van der Waals surface area contributed by atoms with Gasteiger partial charge < -0.3 is 10.0 Å². The van der Waals surface area contributed by atoms with Crippen LogP contribution in [0.25, 0.3) is 0 Å². The molecule has 1 atom stereocenters. The molecule has 2 N–H and O–H groups in total. The summed E-state index contributed by atoms with van der Waals surface area (Å²) in [6.45, 7) is 2.86. The van der Waals surface area contributed by atoms with E-state index in [1.165, 1.54) is 18.6 Å². The maximum Gasteiger partial charge on any atom is 0.416 e. The number of rotatable bonds is 5. The molecule has 0 amide bonds. The first-order chi connectivity index (χ1) is 14.8. The molecule has 0 aromatic heterocycles. The number of phenols is 1. The van der Waals surface area contributed by atoms with Crippen molar-refractivity contribution < 1.29 is 23.1 Å². The number of hydrogen-bond donors (Lipinski definition) is 2. The van der Waals surface area contributed by atoms with Gasteiger partial charge in [0.1, 0.15) is 11.3 Å². The number of nitrogens with one attached hydrogen (secondary N) is 1. The first kappa shape index (κ1) is 24.6. The highest BCUT2D eigenvalue weighted by Crippen LogP contribution is 2.37.